The van der Waals surface area contributed by atoms with Crippen LogP contribution >= 0.6 is 25.0 Å². The number of nitrogens with zero attached hydrogens (tertiary/aromatic N) is 2. The lowest BCUT2D eigenvalue weighted by Gasteiger charge is -1.92. The zero-order chi connectivity index (χ0) is 9.26. The standard InChI is InChI=1S/C8H6BrN2OP/c9-4-5-1-2-7-6(3-5)8(11-13)10-12-7/h1-3,13H,4H2. The van der Waals surface area contributed by atoms with Gasteiger partial charge < -0.3 is 4.52 Å². The smallest absolute Gasteiger partial charge is 0.206 e. The summed E-state index contributed by atoms with van der Waals surface area (Å²) in [6.07, 6.45) is 0. The molecule has 13 heavy (non-hydrogen) atoms. The Morgan fingerprint density at radius 2 is 2.38 bits per heavy atom. The van der Waals surface area contributed by atoms with Crippen LogP contribution in [-0.2, 0) is 5.33 Å². The van der Waals surface area contributed by atoms with Gasteiger partial charge in [-0.25, -0.2) is 4.74 Å². The minimum atomic E-state index is 0.578. The van der Waals surface area contributed by atoms with E-state index < -0.39 is 0 Å². The molecule has 0 bridgehead atoms. The summed E-state index contributed by atoms with van der Waals surface area (Å²) >= 11 is 3.38. The Morgan fingerprint density at radius 1 is 1.54 bits per heavy atom. The largest absolute Gasteiger partial charge is 0.354 e. The van der Waals surface area contributed by atoms with Gasteiger partial charge in [-0.2, -0.15) is 0 Å². The van der Waals surface area contributed by atoms with Crippen LogP contribution in [0.15, 0.2) is 27.5 Å². The minimum Gasteiger partial charge on any atom is -0.354 e. The molecule has 0 spiro atoms. The second-order valence-electron chi connectivity index (χ2n) is 2.58. The maximum absolute atomic E-state index is 5.05. The van der Waals surface area contributed by atoms with Crippen molar-refractivity contribution < 1.29 is 4.52 Å². The van der Waals surface area contributed by atoms with Gasteiger partial charge in [0, 0.05) is 5.33 Å². The molecule has 0 fully saturated rings. The van der Waals surface area contributed by atoms with Crippen molar-refractivity contribution in [2.45, 2.75) is 5.33 Å². The van der Waals surface area contributed by atoms with Crippen LogP contribution in [0.3, 0.4) is 0 Å². The van der Waals surface area contributed by atoms with Crippen LogP contribution < -0.4 is 0 Å². The number of alkyl halides is 1. The zero-order valence-corrected chi connectivity index (χ0v) is 9.21. The van der Waals surface area contributed by atoms with E-state index in [1.807, 2.05) is 18.2 Å². The fraction of sp³-hybridized carbons (Fsp3) is 0.125. The summed E-state index contributed by atoms with van der Waals surface area (Å²) in [5.74, 6) is 0.578. The Kier molecular flexibility index (Phi) is 2.42. The van der Waals surface area contributed by atoms with Crippen LogP contribution in [0.4, 0.5) is 5.82 Å². The van der Waals surface area contributed by atoms with Crippen LogP contribution in [-0.4, -0.2) is 5.16 Å². The van der Waals surface area contributed by atoms with E-state index in [0.717, 1.165) is 16.3 Å². The van der Waals surface area contributed by atoms with Gasteiger partial charge in [0.2, 0.25) is 5.82 Å². The monoisotopic (exact) mass is 256 g/mol. The first-order valence-electron chi connectivity index (χ1n) is 3.67. The van der Waals surface area contributed by atoms with Crippen molar-refractivity contribution in [2.75, 3.05) is 0 Å². The summed E-state index contributed by atoms with van der Waals surface area (Å²) in [4.78, 5) is 0. The molecule has 0 saturated heterocycles. The van der Waals surface area contributed by atoms with Crippen molar-refractivity contribution in [3.63, 3.8) is 0 Å². The van der Waals surface area contributed by atoms with Crippen LogP contribution in [0.5, 0.6) is 0 Å². The number of benzene rings is 1. The molecule has 0 unspecified atom stereocenters. The Balaban J connectivity index is 2.71. The topological polar surface area (TPSA) is 38.4 Å². The summed E-state index contributed by atoms with van der Waals surface area (Å²) in [7, 11) is 3.04. The Labute approximate surface area is 85.5 Å². The molecule has 0 aliphatic carbocycles. The first-order chi connectivity index (χ1) is 6.35. The predicted octanol–water partition coefficient (Wildman–Crippen LogP) is 3.68. The lowest BCUT2D eigenvalue weighted by atomic mass is 10.2. The van der Waals surface area contributed by atoms with Crippen molar-refractivity contribution in [2.24, 2.45) is 4.74 Å². The highest BCUT2D eigenvalue weighted by molar-refractivity contribution is 9.08. The quantitative estimate of drug-likeness (QED) is 0.607. The number of halogens is 1. The molecule has 1 aromatic heterocycles. The predicted molar refractivity (Wildman–Crippen MR) is 57.0 cm³/mol. The first kappa shape index (κ1) is 8.85. The lowest BCUT2D eigenvalue weighted by molar-refractivity contribution is 0.459. The van der Waals surface area contributed by atoms with E-state index in [4.69, 9.17) is 4.52 Å². The van der Waals surface area contributed by atoms with Gasteiger partial charge in [0.25, 0.3) is 0 Å². The third-order valence-electron chi connectivity index (χ3n) is 1.78. The summed E-state index contributed by atoms with van der Waals surface area (Å²) < 4.78 is 8.87. The minimum absolute atomic E-state index is 0.578. The van der Waals surface area contributed by atoms with E-state index in [2.05, 4.69) is 34.9 Å². The van der Waals surface area contributed by atoms with E-state index in [-0.39, 0.29) is 0 Å². The highest BCUT2D eigenvalue weighted by atomic mass is 79.9. The van der Waals surface area contributed by atoms with E-state index in [9.17, 15) is 0 Å². The molecule has 66 valence electrons. The number of fused-ring (bicyclic) bond motifs is 1. The van der Waals surface area contributed by atoms with E-state index in [0.29, 0.717) is 5.82 Å². The van der Waals surface area contributed by atoms with Crippen molar-refractivity contribution in [3.05, 3.63) is 23.8 Å². The first-order valence-corrected chi connectivity index (χ1v) is 5.24. The molecular weight excluding hydrogens is 251 g/mol. The Morgan fingerprint density at radius 3 is 3.08 bits per heavy atom. The molecule has 5 heteroatoms. The van der Waals surface area contributed by atoms with Crippen molar-refractivity contribution in [1.82, 2.24) is 5.16 Å². The van der Waals surface area contributed by atoms with Gasteiger partial charge in [0.1, 0.15) is 0 Å². The van der Waals surface area contributed by atoms with Crippen molar-refractivity contribution >= 4 is 41.7 Å². The molecule has 3 nitrogen and oxygen atoms in total. The molecule has 0 aliphatic rings. The van der Waals surface area contributed by atoms with Crippen molar-refractivity contribution in [3.8, 4) is 0 Å². The molecule has 0 amide bonds. The van der Waals surface area contributed by atoms with Gasteiger partial charge in [-0.15, -0.1) is 0 Å². The highest BCUT2D eigenvalue weighted by Crippen LogP contribution is 2.27. The normalized spacial score (nSPS) is 10.5. The van der Waals surface area contributed by atoms with Gasteiger partial charge in [-0.05, 0) is 26.7 Å². The Hall–Kier alpha value is -0.730. The van der Waals surface area contributed by atoms with Crippen LogP contribution in [0, 0.1) is 0 Å². The molecule has 0 aliphatic heterocycles. The molecular formula is C8H6BrN2OP. The Bertz CT molecular complexity index is 454. The number of rotatable bonds is 2. The highest BCUT2D eigenvalue weighted by Gasteiger charge is 2.06. The number of aromatic nitrogens is 1. The maximum atomic E-state index is 5.05. The maximum Gasteiger partial charge on any atom is 0.206 e. The van der Waals surface area contributed by atoms with Gasteiger partial charge in [0.05, 0.1) is 5.39 Å². The lowest BCUT2D eigenvalue weighted by Crippen LogP contribution is -1.74. The fourth-order valence-corrected chi connectivity index (χ4v) is 1.65. The number of hydrogen-bond acceptors (Lipinski definition) is 3. The summed E-state index contributed by atoms with van der Waals surface area (Å²) in [5, 5.41) is 5.52. The van der Waals surface area contributed by atoms with E-state index >= 15 is 0 Å². The number of hydrogen-bond donors (Lipinski definition) is 0. The molecule has 0 N–H and O–H groups in total. The molecule has 1 aromatic carbocycles. The molecule has 0 radical (unpaired) electrons. The second kappa shape index (κ2) is 3.56. The molecule has 2 rings (SSSR count). The van der Waals surface area contributed by atoms with Crippen LogP contribution in [0.25, 0.3) is 11.0 Å². The third-order valence-corrected chi connectivity index (χ3v) is 2.63. The van der Waals surface area contributed by atoms with E-state index in [1.165, 1.54) is 5.56 Å². The average molecular weight is 257 g/mol. The summed E-state index contributed by atoms with van der Waals surface area (Å²) in [6, 6.07) is 5.87. The fourth-order valence-electron chi connectivity index (χ4n) is 1.14. The van der Waals surface area contributed by atoms with Gasteiger partial charge >= 0.3 is 0 Å². The summed E-state index contributed by atoms with van der Waals surface area (Å²) in [5.41, 5.74) is 1.92. The van der Waals surface area contributed by atoms with Gasteiger partial charge in [0.15, 0.2) is 5.58 Å². The molecule has 0 saturated carbocycles. The average Bonchev–Trinajstić information content (AvgIpc) is 2.59. The third kappa shape index (κ3) is 1.52. The second-order valence-corrected chi connectivity index (χ2v) is 3.37. The zero-order valence-electron chi connectivity index (χ0n) is 6.62. The van der Waals surface area contributed by atoms with Crippen LogP contribution in [0.1, 0.15) is 5.56 Å². The van der Waals surface area contributed by atoms with Gasteiger partial charge in [-0.1, -0.05) is 27.2 Å². The van der Waals surface area contributed by atoms with Crippen LogP contribution in [0.2, 0.25) is 0 Å². The molecule has 1 heterocycles. The summed E-state index contributed by atoms with van der Waals surface area (Å²) in [6.45, 7) is 0. The van der Waals surface area contributed by atoms with Crippen molar-refractivity contribution in [1.29, 1.82) is 0 Å². The molecule has 0 atom stereocenters. The SMILES string of the molecule is P=Nc1noc2ccc(CBr)cc12. The van der Waals surface area contributed by atoms with Gasteiger partial charge in [-0.3, -0.25) is 0 Å². The van der Waals surface area contributed by atoms with E-state index in [1.54, 1.807) is 0 Å². The molecule has 2 aromatic rings.